The first kappa shape index (κ1) is 8.75. The molecule has 1 rings (SSSR count). The van der Waals surface area contributed by atoms with Gasteiger partial charge in [0.1, 0.15) is 0 Å². The van der Waals surface area contributed by atoms with Crippen molar-refractivity contribution in [1.29, 1.82) is 0 Å². The lowest BCUT2D eigenvalue weighted by Crippen LogP contribution is -1.95. The minimum Gasteiger partial charge on any atom is -0.388 e. The van der Waals surface area contributed by atoms with Gasteiger partial charge in [0.2, 0.25) is 0 Å². The Morgan fingerprint density at radius 2 is 2.09 bits per heavy atom. The number of rotatable bonds is 2. The van der Waals surface area contributed by atoms with Gasteiger partial charge in [0.05, 0.1) is 6.10 Å². The molecule has 11 heavy (non-hydrogen) atoms. The molecule has 0 unspecified atom stereocenters. The number of benzene rings is 1. The zero-order valence-electron chi connectivity index (χ0n) is 6.42. The number of aliphatic hydroxyl groups excluding tert-OH is 1. The quantitative estimate of drug-likeness (QED) is 0.804. The Morgan fingerprint density at radius 3 is 2.64 bits per heavy atom. The summed E-state index contributed by atoms with van der Waals surface area (Å²) in [5.41, 5.74) is 0.968. The van der Waals surface area contributed by atoms with Crippen LogP contribution in [-0.2, 0) is 0 Å². The van der Waals surface area contributed by atoms with Crippen molar-refractivity contribution >= 4 is 15.9 Å². The summed E-state index contributed by atoms with van der Waals surface area (Å²) >= 11 is 3.38. The van der Waals surface area contributed by atoms with Gasteiger partial charge in [-0.25, -0.2) is 0 Å². The summed E-state index contributed by atoms with van der Waals surface area (Å²) in [6.45, 7) is 1.96. The summed E-state index contributed by atoms with van der Waals surface area (Å²) in [7, 11) is 0. The van der Waals surface area contributed by atoms with E-state index in [4.69, 9.17) is 0 Å². The molecule has 0 amide bonds. The third-order valence-electron chi connectivity index (χ3n) is 1.65. The van der Waals surface area contributed by atoms with Crippen LogP contribution >= 0.6 is 15.9 Å². The third kappa shape index (κ3) is 2.04. The first-order chi connectivity index (χ1) is 5.25. The van der Waals surface area contributed by atoms with Gasteiger partial charge in [-0.05, 0) is 18.1 Å². The lowest BCUT2D eigenvalue weighted by Gasteiger charge is -2.09. The lowest BCUT2D eigenvalue weighted by molar-refractivity contribution is 0.173. The Balaban J connectivity index is 2.93. The van der Waals surface area contributed by atoms with Gasteiger partial charge < -0.3 is 5.11 Å². The van der Waals surface area contributed by atoms with Gasteiger partial charge in [0.25, 0.3) is 0 Å². The van der Waals surface area contributed by atoms with Gasteiger partial charge in [0.15, 0.2) is 0 Å². The van der Waals surface area contributed by atoms with Crippen LogP contribution in [0.3, 0.4) is 0 Å². The molecule has 2 heteroatoms. The van der Waals surface area contributed by atoms with Crippen molar-refractivity contribution in [3.8, 4) is 0 Å². The first-order valence-corrected chi connectivity index (χ1v) is 4.47. The Morgan fingerprint density at radius 1 is 1.45 bits per heavy atom. The van der Waals surface area contributed by atoms with Crippen LogP contribution in [0.5, 0.6) is 0 Å². The average Bonchev–Trinajstić information content (AvgIpc) is 2.04. The zero-order chi connectivity index (χ0) is 8.27. The van der Waals surface area contributed by atoms with Gasteiger partial charge in [0, 0.05) is 4.47 Å². The molecule has 0 aromatic heterocycles. The van der Waals surface area contributed by atoms with E-state index in [9.17, 15) is 5.11 Å². The maximum atomic E-state index is 9.48. The molecule has 0 aliphatic carbocycles. The van der Waals surface area contributed by atoms with Crippen molar-refractivity contribution in [3.63, 3.8) is 0 Å². The van der Waals surface area contributed by atoms with Crippen molar-refractivity contribution in [2.75, 3.05) is 0 Å². The van der Waals surface area contributed by atoms with E-state index in [-0.39, 0.29) is 6.10 Å². The molecule has 60 valence electrons. The van der Waals surface area contributed by atoms with E-state index in [0.717, 1.165) is 16.5 Å². The minimum atomic E-state index is -0.342. The first-order valence-electron chi connectivity index (χ1n) is 3.68. The molecule has 0 fully saturated rings. The SMILES string of the molecule is CC[C@H](O)c1ccccc1Br. The molecular formula is C9H11BrO. The average molecular weight is 215 g/mol. The molecule has 0 spiro atoms. The molecule has 0 aliphatic heterocycles. The van der Waals surface area contributed by atoms with Crippen LogP contribution in [0, 0.1) is 0 Å². The topological polar surface area (TPSA) is 20.2 Å². The predicted octanol–water partition coefficient (Wildman–Crippen LogP) is 2.89. The summed E-state index contributed by atoms with van der Waals surface area (Å²) in [5, 5.41) is 9.48. The molecule has 0 radical (unpaired) electrons. The minimum absolute atomic E-state index is 0.342. The van der Waals surface area contributed by atoms with E-state index in [1.165, 1.54) is 0 Å². The molecule has 1 aromatic rings. The van der Waals surface area contributed by atoms with E-state index in [1.807, 2.05) is 31.2 Å². The normalized spacial score (nSPS) is 13.0. The highest BCUT2D eigenvalue weighted by Gasteiger charge is 2.06. The van der Waals surface area contributed by atoms with Crippen LogP contribution in [0.15, 0.2) is 28.7 Å². The van der Waals surface area contributed by atoms with Crippen LogP contribution in [-0.4, -0.2) is 5.11 Å². The van der Waals surface area contributed by atoms with Gasteiger partial charge in [-0.3, -0.25) is 0 Å². The molecule has 0 heterocycles. The zero-order valence-corrected chi connectivity index (χ0v) is 8.01. The number of halogens is 1. The number of aliphatic hydroxyl groups is 1. The Labute approximate surface area is 75.2 Å². The summed E-state index contributed by atoms with van der Waals surface area (Å²) in [4.78, 5) is 0. The Bertz CT molecular complexity index is 235. The van der Waals surface area contributed by atoms with E-state index < -0.39 is 0 Å². The van der Waals surface area contributed by atoms with Gasteiger partial charge in [-0.1, -0.05) is 41.1 Å². The Hall–Kier alpha value is -0.340. The largest absolute Gasteiger partial charge is 0.388 e. The van der Waals surface area contributed by atoms with Crippen LogP contribution in [0.4, 0.5) is 0 Å². The number of hydrogen-bond acceptors (Lipinski definition) is 1. The number of hydrogen-bond donors (Lipinski definition) is 1. The fourth-order valence-corrected chi connectivity index (χ4v) is 1.51. The maximum absolute atomic E-state index is 9.48. The second-order valence-corrected chi connectivity index (χ2v) is 3.30. The fraction of sp³-hybridized carbons (Fsp3) is 0.333. The molecular weight excluding hydrogens is 204 g/mol. The van der Waals surface area contributed by atoms with Crippen LogP contribution < -0.4 is 0 Å². The molecule has 1 atom stereocenters. The monoisotopic (exact) mass is 214 g/mol. The molecule has 0 aliphatic rings. The van der Waals surface area contributed by atoms with E-state index in [2.05, 4.69) is 15.9 Å². The van der Waals surface area contributed by atoms with Crippen LogP contribution in [0.2, 0.25) is 0 Å². The summed E-state index contributed by atoms with van der Waals surface area (Å²) in [5.74, 6) is 0. The molecule has 1 N–H and O–H groups in total. The van der Waals surface area contributed by atoms with Crippen molar-refractivity contribution in [2.45, 2.75) is 19.4 Å². The highest BCUT2D eigenvalue weighted by molar-refractivity contribution is 9.10. The predicted molar refractivity (Wildman–Crippen MR) is 49.4 cm³/mol. The van der Waals surface area contributed by atoms with Crippen molar-refractivity contribution < 1.29 is 5.11 Å². The van der Waals surface area contributed by atoms with Gasteiger partial charge in [-0.15, -0.1) is 0 Å². The smallest absolute Gasteiger partial charge is 0.0798 e. The highest BCUT2D eigenvalue weighted by Crippen LogP contribution is 2.24. The van der Waals surface area contributed by atoms with E-state index >= 15 is 0 Å². The van der Waals surface area contributed by atoms with Crippen molar-refractivity contribution in [2.24, 2.45) is 0 Å². The molecule has 1 aromatic carbocycles. The van der Waals surface area contributed by atoms with Gasteiger partial charge in [-0.2, -0.15) is 0 Å². The van der Waals surface area contributed by atoms with E-state index in [1.54, 1.807) is 0 Å². The molecule has 0 saturated carbocycles. The van der Waals surface area contributed by atoms with Crippen molar-refractivity contribution in [1.82, 2.24) is 0 Å². The summed E-state index contributed by atoms with van der Waals surface area (Å²) in [6.07, 6.45) is 0.411. The highest BCUT2D eigenvalue weighted by atomic mass is 79.9. The summed E-state index contributed by atoms with van der Waals surface area (Å²) < 4.78 is 0.981. The van der Waals surface area contributed by atoms with Crippen LogP contribution in [0.25, 0.3) is 0 Å². The molecule has 1 nitrogen and oxygen atoms in total. The second kappa shape index (κ2) is 3.88. The van der Waals surface area contributed by atoms with Crippen LogP contribution in [0.1, 0.15) is 25.0 Å². The van der Waals surface area contributed by atoms with Gasteiger partial charge >= 0.3 is 0 Å². The molecule has 0 bridgehead atoms. The summed E-state index contributed by atoms with van der Waals surface area (Å²) in [6, 6.07) is 7.74. The second-order valence-electron chi connectivity index (χ2n) is 2.45. The maximum Gasteiger partial charge on any atom is 0.0798 e. The van der Waals surface area contributed by atoms with Crippen molar-refractivity contribution in [3.05, 3.63) is 34.3 Å². The fourth-order valence-electron chi connectivity index (χ4n) is 0.965. The standard InChI is InChI=1S/C9H11BrO/c1-2-9(11)7-5-3-4-6-8(7)10/h3-6,9,11H,2H2,1H3/t9-/m0/s1. The van der Waals surface area contributed by atoms with E-state index in [0.29, 0.717) is 0 Å². The Kier molecular flexibility index (Phi) is 3.09. The lowest BCUT2D eigenvalue weighted by atomic mass is 10.1. The third-order valence-corrected chi connectivity index (χ3v) is 2.37. The molecule has 0 saturated heterocycles.